The number of hydrogen-bond donors (Lipinski definition) is 0. The molecule has 0 spiro atoms. The van der Waals surface area contributed by atoms with Gasteiger partial charge in [-0.3, -0.25) is 8.98 Å². The van der Waals surface area contributed by atoms with Crippen molar-refractivity contribution in [1.82, 2.24) is 0 Å². The van der Waals surface area contributed by atoms with E-state index in [1.165, 1.54) is 25.7 Å². The summed E-state index contributed by atoms with van der Waals surface area (Å²) in [7, 11) is -4.65. The molecule has 0 bridgehead atoms. The topological polar surface area (TPSA) is 83.5 Å². The fourth-order valence-electron chi connectivity index (χ4n) is 3.87. The lowest BCUT2D eigenvalue weighted by Gasteiger charge is -2.37. The van der Waals surface area contributed by atoms with E-state index in [1.54, 1.807) is 0 Å². The van der Waals surface area contributed by atoms with Crippen LogP contribution in [0.15, 0.2) is 0 Å². The van der Waals surface area contributed by atoms with Crippen LogP contribution in [0.3, 0.4) is 0 Å². The van der Waals surface area contributed by atoms with Crippen LogP contribution < -0.4 is 0 Å². The highest BCUT2D eigenvalue weighted by Gasteiger charge is 2.41. The smallest absolute Gasteiger partial charge is 0.217 e. The van der Waals surface area contributed by atoms with Crippen molar-refractivity contribution < 1.29 is 21.9 Å². The molecule has 1 saturated carbocycles. The van der Waals surface area contributed by atoms with Gasteiger partial charge in [0.15, 0.2) is 0 Å². The van der Waals surface area contributed by atoms with E-state index in [0.29, 0.717) is 12.8 Å². The van der Waals surface area contributed by atoms with E-state index in [0.717, 1.165) is 32.1 Å². The zero-order chi connectivity index (χ0) is 18.3. The molecule has 0 heterocycles. The Bertz CT molecular complexity index is 498. The van der Waals surface area contributed by atoms with E-state index in [9.17, 15) is 17.8 Å². The maximum absolute atomic E-state index is 13.2. The van der Waals surface area contributed by atoms with Crippen LogP contribution in [-0.2, 0) is 19.4 Å². The summed E-state index contributed by atoms with van der Waals surface area (Å²) in [5.41, 5.74) is -0.835. The van der Waals surface area contributed by atoms with Crippen LogP contribution in [0.4, 0.5) is 0 Å². The second-order valence-corrected chi connectivity index (χ2v) is 9.13. The zero-order valence-electron chi connectivity index (χ0n) is 15.4. The van der Waals surface area contributed by atoms with Crippen molar-refractivity contribution in [2.24, 2.45) is 10.8 Å². The Morgan fingerprint density at radius 1 is 0.958 bits per heavy atom. The second kappa shape index (κ2) is 9.30. The molecule has 142 valence electrons. The van der Waals surface area contributed by atoms with Crippen molar-refractivity contribution in [3.63, 3.8) is 0 Å². The van der Waals surface area contributed by atoms with Crippen LogP contribution in [-0.4, -0.2) is 25.4 Å². The summed E-state index contributed by atoms with van der Waals surface area (Å²) in [5, 5.41) is 0. The Morgan fingerprint density at radius 3 is 2.00 bits per heavy atom. The molecule has 1 fully saturated rings. The van der Waals surface area contributed by atoms with Gasteiger partial charge in [-0.1, -0.05) is 65.7 Å². The lowest BCUT2D eigenvalue weighted by Crippen LogP contribution is -2.39. The summed E-state index contributed by atoms with van der Waals surface area (Å²) in [5.74, 6) is 0.264. The third kappa shape index (κ3) is 7.62. The maximum atomic E-state index is 13.2. The van der Waals surface area contributed by atoms with Gasteiger partial charge in [0, 0.05) is 10.8 Å². The molecular formula is C18H33O5S-. The summed E-state index contributed by atoms with van der Waals surface area (Å²) in [6.07, 6.45) is 10.8. The molecule has 1 rings (SSSR count). The number of ketones is 1. The Hall–Kier alpha value is -0.460. The third-order valence-electron chi connectivity index (χ3n) is 5.29. The van der Waals surface area contributed by atoms with Crippen LogP contribution in [0.25, 0.3) is 0 Å². The molecule has 0 amide bonds. The van der Waals surface area contributed by atoms with E-state index in [2.05, 4.69) is 4.18 Å². The van der Waals surface area contributed by atoms with Crippen LogP contribution in [0.5, 0.6) is 0 Å². The first-order valence-corrected chi connectivity index (χ1v) is 10.6. The van der Waals surface area contributed by atoms with Crippen molar-refractivity contribution in [1.29, 1.82) is 0 Å². The van der Waals surface area contributed by atoms with Gasteiger partial charge in [-0.2, -0.15) is 0 Å². The standard InChI is InChI=1S/C18H34O5S/c1-17(2)12-9-7-5-4-6-8-10-13-18(3,16(17)19)14-11-15-23-24(20,21)22/h4-15H2,1-3H3,(H,20,21,22)/p-1. The minimum Gasteiger partial charge on any atom is -0.726 e. The van der Waals surface area contributed by atoms with E-state index in [1.807, 2.05) is 20.8 Å². The summed E-state index contributed by atoms with van der Waals surface area (Å²) < 4.78 is 35.9. The monoisotopic (exact) mass is 361 g/mol. The molecular weight excluding hydrogens is 328 g/mol. The Morgan fingerprint density at radius 2 is 1.46 bits per heavy atom. The number of rotatable bonds is 5. The zero-order valence-corrected chi connectivity index (χ0v) is 16.3. The first-order chi connectivity index (χ1) is 11.1. The largest absolute Gasteiger partial charge is 0.726 e. The van der Waals surface area contributed by atoms with Gasteiger partial charge in [-0.25, -0.2) is 8.42 Å². The molecule has 5 nitrogen and oxygen atoms in total. The van der Waals surface area contributed by atoms with Crippen LogP contribution in [0, 0.1) is 10.8 Å². The second-order valence-electron chi connectivity index (χ2n) is 8.08. The van der Waals surface area contributed by atoms with Gasteiger partial charge < -0.3 is 4.55 Å². The molecule has 24 heavy (non-hydrogen) atoms. The number of Topliss-reactive ketones (excluding diaryl/α,β-unsaturated/α-hetero) is 1. The van der Waals surface area contributed by atoms with Crippen molar-refractivity contribution in [2.45, 2.75) is 91.4 Å². The van der Waals surface area contributed by atoms with Gasteiger partial charge in [0.05, 0.1) is 6.61 Å². The molecule has 0 aliphatic heterocycles. The Balaban J connectivity index is 2.75. The Labute approximate surface area is 147 Å². The first kappa shape index (κ1) is 21.6. The van der Waals surface area contributed by atoms with Crippen LogP contribution >= 0.6 is 0 Å². The lowest BCUT2D eigenvalue weighted by molar-refractivity contribution is -0.138. The highest BCUT2D eigenvalue weighted by Crippen LogP contribution is 2.41. The third-order valence-corrected chi connectivity index (χ3v) is 5.75. The van der Waals surface area contributed by atoms with Gasteiger partial charge in [0.25, 0.3) is 0 Å². The Kier molecular flexibility index (Phi) is 8.36. The number of carbonyl (C=O) groups is 1. The minimum atomic E-state index is -4.65. The van der Waals surface area contributed by atoms with E-state index < -0.39 is 15.8 Å². The first-order valence-electron chi connectivity index (χ1n) is 9.22. The molecule has 0 radical (unpaired) electrons. The number of carbonyl (C=O) groups excluding carboxylic acids is 1. The number of hydrogen-bond acceptors (Lipinski definition) is 5. The van der Waals surface area contributed by atoms with Gasteiger partial charge in [0.2, 0.25) is 10.4 Å². The summed E-state index contributed by atoms with van der Waals surface area (Å²) in [4.78, 5) is 13.2. The molecule has 6 heteroatoms. The molecule has 1 aliphatic rings. The van der Waals surface area contributed by atoms with Gasteiger partial charge in [-0.15, -0.1) is 0 Å². The lowest BCUT2D eigenvalue weighted by atomic mass is 9.66. The van der Waals surface area contributed by atoms with Gasteiger partial charge in [-0.05, 0) is 25.7 Å². The predicted molar refractivity (Wildman–Crippen MR) is 93.3 cm³/mol. The molecule has 0 saturated heterocycles. The molecule has 0 N–H and O–H groups in total. The van der Waals surface area contributed by atoms with E-state index >= 15 is 0 Å². The highest BCUT2D eigenvalue weighted by molar-refractivity contribution is 7.80. The van der Waals surface area contributed by atoms with Gasteiger partial charge >= 0.3 is 0 Å². The molecule has 1 aliphatic carbocycles. The van der Waals surface area contributed by atoms with Gasteiger partial charge in [0.1, 0.15) is 5.78 Å². The highest BCUT2D eigenvalue weighted by atomic mass is 32.3. The summed E-state index contributed by atoms with van der Waals surface area (Å²) >= 11 is 0. The van der Waals surface area contributed by atoms with Crippen molar-refractivity contribution in [3.8, 4) is 0 Å². The van der Waals surface area contributed by atoms with Crippen molar-refractivity contribution in [3.05, 3.63) is 0 Å². The normalized spacial score (nSPS) is 27.2. The SMILES string of the molecule is CC1(C)CCCCCCCCCC(C)(CCCOS(=O)(=O)[O-])C1=O. The van der Waals surface area contributed by atoms with Crippen molar-refractivity contribution in [2.75, 3.05) is 6.61 Å². The fraction of sp³-hybridized carbons (Fsp3) is 0.944. The molecule has 0 aromatic heterocycles. The average molecular weight is 362 g/mol. The fourth-order valence-corrected chi connectivity index (χ4v) is 4.19. The molecule has 0 aromatic rings. The maximum Gasteiger partial charge on any atom is 0.217 e. The van der Waals surface area contributed by atoms with Crippen LogP contribution in [0.2, 0.25) is 0 Å². The molecule has 1 atom stereocenters. The van der Waals surface area contributed by atoms with Crippen molar-refractivity contribution >= 4 is 16.2 Å². The quantitative estimate of drug-likeness (QED) is 0.412. The molecule has 1 unspecified atom stereocenters. The predicted octanol–water partition coefficient (Wildman–Crippen LogP) is 4.37. The van der Waals surface area contributed by atoms with Crippen LogP contribution in [0.1, 0.15) is 91.4 Å². The van der Waals surface area contributed by atoms with E-state index in [4.69, 9.17) is 0 Å². The molecule has 0 aromatic carbocycles. The van der Waals surface area contributed by atoms with E-state index in [-0.39, 0.29) is 17.8 Å². The summed E-state index contributed by atoms with van der Waals surface area (Å²) in [6, 6.07) is 0. The summed E-state index contributed by atoms with van der Waals surface area (Å²) in [6.45, 7) is 5.90. The minimum absolute atomic E-state index is 0.144. The average Bonchev–Trinajstić information content (AvgIpc) is 2.47.